The topological polar surface area (TPSA) is 77.5 Å². The molecule has 0 unspecified atom stereocenters. The first kappa shape index (κ1) is 15.1. The molecule has 1 amide bonds. The highest BCUT2D eigenvalue weighted by molar-refractivity contribution is 6.29. The predicted octanol–water partition coefficient (Wildman–Crippen LogP) is 2.76. The number of aryl methyl sites for hydroxylation is 1. The van der Waals surface area contributed by atoms with E-state index in [0.29, 0.717) is 11.5 Å². The number of rotatable bonds is 6. The van der Waals surface area contributed by atoms with Gasteiger partial charge >= 0.3 is 0 Å². The number of benzene rings is 1. The number of carbonyl (C=O) groups is 1. The van der Waals surface area contributed by atoms with Gasteiger partial charge in [-0.05, 0) is 44.2 Å². The van der Waals surface area contributed by atoms with E-state index >= 15 is 0 Å². The first-order valence-corrected chi connectivity index (χ1v) is 8.58. The third kappa shape index (κ3) is 2.76. The number of fused-ring (bicyclic) bond motifs is 1. The predicted molar refractivity (Wildman–Crippen MR) is 94.6 cm³/mol. The standard InChI is InChI=1S/C19H21N3O2/c23-10-4-3-7-17-14(13-5-1-2-6-16(13)20-17)11-15-18(12-8-9-12)21-22-19(15)24/h1-2,5-6,11-12,20,23H,3-4,7-10H2,(H,22,24). The molecule has 1 aliphatic heterocycles. The number of amides is 1. The van der Waals surface area contributed by atoms with Crippen LogP contribution in [-0.4, -0.2) is 28.3 Å². The van der Waals surface area contributed by atoms with E-state index in [1.54, 1.807) is 0 Å². The number of H-pyrrole nitrogens is 1. The Morgan fingerprint density at radius 3 is 2.88 bits per heavy atom. The molecule has 1 aliphatic carbocycles. The van der Waals surface area contributed by atoms with E-state index in [0.717, 1.165) is 60.0 Å². The Kier molecular flexibility index (Phi) is 3.94. The van der Waals surface area contributed by atoms with Crippen LogP contribution in [0.15, 0.2) is 34.9 Å². The van der Waals surface area contributed by atoms with Crippen LogP contribution in [0.5, 0.6) is 0 Å². The van der Waals surface area contributed by atoms with E-state index < -0.39 is 0 Å². The molecule has 1 fully saturated rings. The van der Waals surface area contributed by atoms with Gasteiger partial charge in [0, 0.05) is 34.7 Å². The highest BCUT2D eigenvalue weighted by Gasteiger charge is 2.36. The Morgan fingerprint density at radius 2 is 2.08 bits per heavy atom. The fraction of sp³-hybridized carbons (Fsp3) is 0.368. The Morgan fingerprint density at radius 1 is 1.25 bits per heavy atom. The second-order valence-electron chi connectivity index (χ2n) is 6.51. The molecule has 2 aliphatic rings. The number of aliphatic hydroxyl groups is 1. The number of unbranched alkanes of at least 4 members (excludes halogenated alkanes) is 1. The van der Waals surface area contributed by atoms with Crippen molar-refractivity contribution in [2.75, 3.05) is 6.61 Å². The second-order valence-corrected chi connectivity index (χ2v) is 6.51. The van der Waals surface area contributed by atoms with E-state index in [9.17, 15) is 4.79 Å². The zero-order valence-electron chi connectivity index (χ0n) is 13.5. The third-order valence-corrected chi connectivity index (χ3v) is 4.71. The number of aromatic nitrogens is 1. The lowest BCUT2D eigenvalue weighted by molar-refractivity contribution is -0.116. The maximum Gasteiger partial charge on any atom is 0.273 e. The molecule has 1 aromatic carbocycles. The molecule has 1 aromatic heterocycles. The molecule has 2 heterocycles. The van der Waals surface area contributed by atoms with Gasteiger partial charge in [0.1, 0.15) is 0 Å². The summed E-state index contributed by atoms with van der Waals surface area (Å²) in [5.74, 6) is 0.321. The summed E-state index contributed by atoms with van der Waals surface area (Å²) < 4.78 is 0. The van der Waals surface area contributed by atoms with Gasteiger partial charge in [-0.2, -0.15) is 5.10 Å². The summed E-state index contributed by atoms with van der Waals surface area (Å²) in [6.07, 6.45) is 6.76. The first-order valence-electron chi connectivity index (χ1n) is 8.58. The molecule has 0 atom stereocenters. The Bertz CT molecular complexity index is 843. The summed E-state index contributed by atoms with van der Waals surface area (Å²) in [6.45, 7) is 0.206. The van der Waals surface area contributed by atoms with Crippen molar-refractivity contribution in [3.05, 3.63) is 41.1 Å². The second kappa shape index (κ2) is 6.24. The highest BCUT2D eigenvalue weighted by atomic mass is 16.2. The maximum atomic E-state index is 12.2. The van der Waals surface area contributed by atoms with Crippen molar-refractivity contribution in [1.82, 2.24) is 10.4 Å². The van der Waals surface area contributed by atoms with E-state index in [1.165, 1.54) is 0 Å². The summed E-state index contributed by atoms with van der Waals surface area (Å²) in [6, 6.07) is 8.15. The number of hydrogen-bond acceptors (Lipinski definition) is 3. The molecule has 5 nitrogen and oxygen atoms in total. The molecule has 4 rings (SSSR count). The lowest BCUT2D eigenvalue weighted by Crippen LogP contribution is -2.13. The summed E-state index contributed by atoms with van der Waals surface area (Å²) in [7, 11) is 0. The average Bonchev–Trinajstić information content (AvgIpc) is 3.29. The molecule has 0 radical (unpaired) electrons. The van der Waals surface area contributed by atoms with Crippen molar-refractivity contribution in [2.45, 2.75) is 32.1 Å². The van der Waals surface area contributed by atoms with Crippen LogP contribution in [0.2, 0.25) is 0 Å². The van der Waals surface area contributed by atoms with Gasteiger partial charge in [0.05, 0.1) is 11.3 Å². The zero-order chi connectivity index (χ0) is 16.5. The number of carbonyl (C=O) groups excluding carboxylic acids is 1. The highest BCUT2D eigenvalue weighted by Crippen LogP contribution is 2.36. The van der Waals surface area contributed by atoms with Gasteiger partial charge in [0.2, 0.25) is 0 Å². The normalized spacial score (nSPS) is 19.1. The zero-order valence-corrected chi connectivity index (χ0v) is 13.5. The van der Waals surface area contributed by atoms with Crippen LogP contribution in [0.4, 0.5) is 0 Å². The summed E-state index contributed by atoms with van der Waals surface area (Å²) >= 11 is 0. The van der Waals surface area contributed by atoms with Crippen molar-refractivity contribution in [2.24, 2.45) is 11.0 Å². The Labute approximate surface area is 140 Å². The van der Waals surface area contributed by atoms with Crippen molar-refractivity contribution in [3.63, 3.8) is 0 Å². The lowest BCUT2D eigenvalue weighted by atomic mass is 10.00. The summed E-state index contributed by atoms with van der Waals surface area (Å²) in [5.41, 5.74) is 7.49. The molecule has 24 heavy (non-hydrogen) atoms. The summed E-state index contributed by atoms with van der Waals surface area (Å²) in [4.78, 5) is 15.7. The van der Waals surface area contributed by atoms with E-state index in [1.807, 2.05) is 18.2 Å². The van der Waals surface area contributed by atoms with Crippen molar-refractivity contribution in [3.8, 4) is 0 Å². The van der Waals surface area contributed by atoms with Crippen LogP contribution >= 0.6 is 0 Å². The lowest BCUT2D eigenvalue weighted by Gasteiger charge is -2.03. The molecule has 1 saturated carbocycles. The fourth-order valence-electron chi connectivity index (χ4n) is 3.29. The number of hydrazone groups is 1. The Balaban J connectivity index is 1.76. The molecule has 0 saturated heterocycles. The SMILES string of the molecule is O=C1NN=C(C2CC2)C1=Cc1c(CCCCO)[nH]c2ccccc12. The fourth-order valence-corrected chi connectivity index (χ4v) is 3.29. The largest absolute Gasteiger partial charge is 0.396 e. The van der Waals surface area contributed by atoms with Crippen LogP contribution in [0.25, 0.3) is 17.0 Å². The molecule has 2 aromatic rings. The Hall–Kier alpha value is -2.40. The summed E-state index contributed by atoms with van der Waals surface area (Å²) in [5, 5.41) is 14.4. The maximum absolute atomic E-state index is 12.2. The average molecular weight is 323 g/mol. The molecular weight excluding hydrogens is 302 g/mol. The number of nitrogens with one attached hydrogen (secondary N) is 2. The van der Waals surface area contributed by atoms with E-state index in [-0.39, 0.29) is 12.5 Å². The van der Waals surface area contributed by atoms with Gasteiger partial charge < -0.3 is 10.1 Å². The van der Waals surface area contributed by atoms with E-state index in [2.05, 4.69) is 27.6 Å². The van der Waals surface area contributed by atoms with Crippen molar-refractivity contribution in [1.29, 1.82) is 0 Å². The third-order valence-electron chi connectivity index (χ3n) is 4.71. The first-order chi connectivity index (χ1) is 11.8. The number of hydrogen-bond donors (Lipinski definition) is 3. The molecule has 0 bridgehead atoms. The number of aliphatic hydroxyl groups excluding tert-OH is 1. The van der Waals surface area contributed by atoms with Crippen LogP contribution < -0.4 is 5.43 Å². The smallest absolute Gasteiger partial charge is 0.273 e. The molecule has 3 N–H and O–H groups in total. The monoisotopic (exact) mass is 323 g/mol. The van der Waals surface area contributed by atoms with Crippen LogP contribution in [-0.2, 0) is 11.2 Å². The van der Waals surface area contributed by atoms with Gasteiger partial charge in [-0.15, -0.1) is 0 Å². The molecule has 124 valence electrons. The number of aromatic amines is 1. The van der Waals surface area contributed by atoms with Crippen LogP contribution in [0.1, 0.15) is 36.9 Å². The molecule has 5 heteroatoms. The van der Waals surface area contributed by atoms with E-state index in [4.69, 9.17) is 5.11 Å². The van der Waals surface area contributed by atoms with Gasteiger partial charge in [0.25, 0.3) is 5.91 Å². The minimum Gasteiger partial charge on any atom is -0.396 e. The minimum atomic E-state index is -0.108. The van der Waals surface area contributed by atoms with Gasteiger partial charge in [-0.3, -0.25) is 4.79 Å². The van der Waals surface area contributed by atoms with Crippen LogP contribution in [0.3, 0.4) is 0 Å². The van der Waals surface area contributed by atoms with Gasteiger partial charge in [0.15, 0.2) is 0 Å². The quantitative estimate of drug-likeness (QED) is 0.564. The van der Waals surface area contributed by atoms with Crippen molar-refractivity contribution >= 4 is 28.6 Å². The number of nitrogens with zero attached hydrogens (tertiary/aromatic N) is 1. The van der Waals surface area contributed by atoms with Crippen LogP contribution in [0, 0.1) is 5.92 Å². The molecule has 0 spiro atoms. The molecular formula is C19H21N3O2. The van der Waals surface area contributed by atoms with Crippen molar-refractivity contribution < 1.29 is 9.90 Å². The van der Waals surface area contributed by atoms with Gasteiger partial charge in [-0.1, -0.05) is 18.2 Å². The minimum absolute atomic E-state index is 0.108. The number of para-hydroxylation sites is 1. The van der Waals surface area contributed by atoms with Gasteiger partial charge in [-0.25, -0.2) is 5.43 Å².